The van der Waals surface area contributed by atoms with Crippen LogP contribution < -0.4 is 10.5 Å². The third kappa shape index (κ3) is 3.51. The second kappa shape index (κ2) is 6.26. The average Bonchev–Trinajstić information content (AvgIpc) is 2.40. The molecule has 0 aliphatic rings. The quantitative estimate of drug-likeness (QED) is 0.873. The number of hydrogen-bond donors (Lipinski definition) is 1. The smallest absolute Gasteiger partial charge is 0.340 e. The molecule has 1 aromatic heterocycles. The molecular weight excluding hydrogens is 268 g/mol. The van der Waals surface area contributed by atoms with Crippen LogP contribution in [0.3, 0.4) is 0 Å². The molecule has 0 aliphatic carbocycles. The van der Waals surface area contributed by atoms with Crippen LogP contribution in [0.4, 0.5) is 5.69 Å². The summed E-state index contributed by atoms with van der Waals surface area (Å²) in [5.74, 6) is 0.348. The molecule has 0 aliphatic heterocycles. The number of ether oxygens (including phenoxy) is 2. The van der Waals surface area contributed by atoms with Crippen molar-refractivity contribution >= 4 is 11.7 Å². The van der Waals surface area contributed by atoms with Crippen LogP contribution in [0, 0.1) is 13.8 Å². The van der Waals surface area contributed by atoms with E-state index in [1.54, 1.807) is 6.92 Å². The zero-order valence-corrected chi connectivity index (χ0v) is 12.3. The van der Waals surface area contributed by atoms with Crippen LogP contribution in [-0.4, -0.2) is 17.6 Å². The Morgan fingerprint density at radius 2 is 1.90 bits per heavy atom. The lowest BCUT2D eigenvalue weighted by Crippen LogP contribution is -2.09. The van der Waals surface area contributed by atoms with Crippen molar-refractivity contribution in [2.45, 2.75) is 20.8 Å². The Morgan fingerprint density at radius 1 is 1.24 bits per heavy atom. The molecule has 0 unspecified atom stereocenters. The molecule has 1 aromatic carbocycles. The van der Waals surface area contributed by atoms with Crippen molar-refractivity contribution in [3.8, 4) is 11.6 Å². The highest BCUT2D eigenvalue weighted by Gasteiger charge is 2.16. The number of pyridine rings is 1. The van der Waals surface area contributed by atoms with Crippen LogP contribution >= 0.6 is 0 Å². The summed E-state index contributed by atoms with van der Waals surface area (Å²) in [5.41, 5.74) is 8.53. The Kier molecular flexibility index (Phi) is 4.42. The molecule has 110 valence electrons. The SMILES string of the molecule is CCOC(=O)c1ccnc(Oc2cc(C)cc(C)c2)c1N. The zero-order chi connectivity index (χ0) is 15.4. The molecule has 0 saturated heterocycles. The van der Waals surface area contributed by atoms with Crippen molar-refractivity contribution < 1.29 is 14.3 Å². The van der Waals surface area contributed by atoms with Crippen molar-refractivity contribution in [3.63, 3.8) is 0 Å². The molecular formula is C16H18N2O3. The number of carbonyl (C=O) groups is 1. The number of benzene rings is 1. The molecule has 2 N–H and O–H groups in total. The standard InChI is InChI=1S/C16H18N2O3/c1-4-20-16(19)13-5-6-18-15(14(13)17)21-12-8-10(2)7-11(3)9-12/h5-9H,4,17H2,1-3H3. The first-order valence-electron chi connectivity index (χ1n) is 6.69. The van der Waals surface area contributed by atoms with Crippen LogP contribution in [-0.2, 0) is 4.74 Å². The summed E-state index contributed by atoms with van der Waals surface area (Å²) in [4.78, 5) is 15.9. The van der Waals surface area contributed by atoms with Crippen LogP contribution in [0.1, 0.15) is 28.4 Å². The Hall–Kier alpha value is -2.56. The highest BCUT2D eigenvalue weighted by Crippen LogP contribution is 2.29. The zero-order valence-electron chi connectivity index (χ0n) is 12.3. The fourth-order valence-electron chi connectivity index (χ4n) is 2.03. The highest BCUT2D eigenvalue weighted by atomic mass is 16.5. The van der Waals surface area contributed by atoms with E-state index in [-0.39, 0.29) is 23.7 Å². The molecule has 21 heavy (non-hydrogen) atoms. The lowest BCUT2D eigenvalue weighted by Gasteiger charge is -2.11. The van der Waals surface area contributed by atoms with E-state index < -0.39 is 5.97 Å². The summed E-state index contributed by atoms with van der Waals surface area (Å²) in [7, 11) is 0. The van der Waals surface area contributed by atoms with Gasteiger partial charge in [-0.1, -0.05) is 6.07 Å². The minimum atomic E-state index is -0.484. The number of rotatable bonds is 4. The van der Waals surface area contributed by atoms with Gasteiger partial charge >= 0.3 is 5.97 Å². The van der Waals surface area contributed by atoms with Crippen LogP contribution in [0.15, 0.2) is 30.5 Å². The van der Waals surface area contributed by atoms with E-state index in [4.69, 9.17) is 15.2 Å². The topological polar surface area (TPSA) is 74.4 Å². The van der Waals surface area contributed by atoms with E-state index >= 15 is 0 Å². The number of nitrogens with two attached hydrogens (primary N) is 1. The van der Waals surface area contributed by atoms with Crippen molar-refractivity contribution in [1.82, 2.24) is 4.98 Å². The average molecular weight is 286 g/mol. The van der Waals surface area contributed by atoms with Gasteiger partial charge in [0.25, 0.3) is 0 Å². The van der Waals surface area contributed by atoms with Gasteiger partial charge in [0, 0.05) is 6.20 Å². The number of esters is 1. The molecule has 5 nitrogen and oxygen atoms in total. The van der Waals surface area contributed by atoms with Gasteiger partial charge in [0.2, 0.25) is 5.88 Å². The van der Waals surface area contributed by atoms with Gasteiger partial charge in [0.1, 0.15) is 11.4 Å². The molecule has 5 heteroatoms. The van der Waals surface area contributed by atoms with Crippen LogP contribution in [0.5, 0.6) is 11.6 Å². The summed E-state index contributed by atoms with van der Waals surface area (Å²) in [5, 5.41) is 0. The number of aromatic nitrogens is 1. The Balaban J connectivity index is 2.32. The van der Waals surface area contributed by atoms with E-state index in [0.29, 0.717) is 5.75 Å². The maximum Gasteiger partial charge on any atom is 0.340 e. The molecule has 2 rings (SSSR count). The maximum absolute atomic E-state index is 11.8. The minimum Gasteiger partial charge on any atom is -0.462 e. The third-order valence-electron chi connectivity index (χ3n) is 2.86. The molecule has 0 fully saturated rings. The molecule has 1 heterocycles. The van der Waals surface area contributed by atoms with Gasteiger partial charge in [-0.05, 0) is 50.1 Å². The maximum atomic E-state index is 11.8. The minimum absolute atomic E-state index is 0.176. The van der Waals surface area contributed by atoms with Crippen molar-refractivity contribution in [3.05, 3.63) is 47.2 Å². The molecule has 0 radical (unpaired) electrons. The monoisotopic (exact) mass is 286 g/mol. The van der Waals surface area contributed by atoms with Gasteiger partial charge < -0.3 is 15.2 Å². The lowest BCUT2D eigenvalue weighted by molar-refractivity contribution is 0.0527. The van der Waals surface area contributed by atoms with Gasteiger partial charge in [-0.25, -0.2) is 9.78 Å². The Bertz CT molecular complexity index is 648. The van der Waals surface area contributed by atoms with Crippen molar-refractivity contribution in [2.24, 2.45) is 0 Å². The molecule has 0 spiro atoms. The van der Waals surface area contributed by atoms with E-state index in [2.05, 4.69) is 4.98 Å². The van der Waals surface area contributed by atoms with E-state index in [1.165, 1.54) is 12.3 Å². The summed E-state index contributed by atoms with van der Waals surface area (Å²) >= 11 is 0. The summed E-state index contributed by atoms with van der Waals surface area (Å²) in [6.45, 7) is 5.98. The highest BCUT2D eigenvalue weighted by molar-refractivity contribution is 5.96. The van der Waals surface area contributed by atoms with E-state index in [1.807, 2.05) is 32.0 Å². The Labute approximate surface area is 123 Å². The fourth-order valence-corrected chi connectivity index (χ4v) is 2.03. The van der Waals surface area contributed by atoms with Crippen molar-refractivity contribution in [2.75, 3.05) is 12.3 Å². The largest absolute Gasteiger partial charge is 0.462 e. The van der Waals surface area contributed by atoms with Crippen LogP contribution in [0.25, 0.3) is 0 Å². The lowest BCUT2D eigenvalue weighted by atomic mass is 10.1. The summed E-state index contributed by atoms with van der Waals surface area (Å²) in [6, 6.07) is 7.32. The first-order chi connectivity index (χ1) is 10.0. The van der Waals surface area contributed by atoms with Crippen LogP contribution in [0.2, 0.25) is 0 Å². The predicted molar refractivity (Wildman–Crippen MR) is 80.6 cm³/mol. The van der Waals surface area contributed by atoms with Gasteiger partial charge in [-0.2, -0.15) is 0 Å². The molecule has 0 amide bonds. The number of hydrogen-bond acceptors (Lipinski definition) is 5. The molecule has 0 atom stereocenters. The molecule has 2 aromatic rings. The van der Waals surface area contributed by atoms with Gasteiger partial charge in [0.05, 0.1) is 12.2 Å². The molecule has 0 bridgehead atoms. The number of aryl methyl sites for hydroxylation is 2. The van der Waals surface area contributed by atoms with E-state index in [9.17, 15) is 4.79 Å². The van der Waals surface area contributed by atoms with E-state index in [0.717, 1.165) is 11.1 Å². The summed E-state index contributed by atoms with van der Waals surface area (Å²) < 4.78 is 10.6. The van der Waals surface area contributed by atoms with Crippen molar-refractivity contribution in [1.29, 1.82) is 0 Å². The number of carbonyl (C=O) groups excluding carboxylic acids is 1. The second-order valence-corrected chi connectivity index (χ2v) is 4.72. The number of anilines is 1. The predicted octanol–water partition coefficient (Wildman–Crippen LogP) is 3.25. The first-order valence-corrected chi connectivity index (χ1v) is 6.69. The van der Waals surface area contributed by atoms with Gasteiger partial charge in [-0.15, -0.1) is 0 Å². The third-order valence-corrected chi connectivity index (χ3v) is 2.86. The number of nitrogen functional groups attached to an aromatic ring is 1. The Morgan fingerprint density at radius 3 is 2.52 bits per heavy atom. The second-order valence-electron chi connectivity index (χ2n) is 4.72. The summed E-state index contributed by atoms with van der Waals surface area (Å²) in [6.07, 6.45) is 1.47. The van der Waals surface area contributed by atoms with Gasteiger partial charge in [0.15, 0.2) is 0 Å². The normalized spacial score (nSPS) is 10.2. The first kappa shape index (κ1) is 14.8. The fraction of sp³-hybridized carbons (Fsp3) is 0.250. The number of nitrogens with zero attached hydrogens (tertiary/aromatic N) is 1. The van der Waals surface area contributed by atoms with Gasteiger partial charge in [-0.3, -0.25) is 0 Å². The molecule has 0 saturated carbocycles.